The largest absolute Gasteiger partial charge is 0.496 e. The summed E-state index contributed by atoms with van der Waals surface area (Å²) in [7, 11) is 1.59. The van der Waals surface area contributed by atoms with Crippen LogP contribution in [0, 0.1) is 5.82 Å². The molecule has 27 heavy (non-hydrogen) atoms. The molecule has 1 heterocycles. The molecule has 0 radical (unpaired) electrons. The van der Waals surface area contributed by atoms with Gasteiger partial charge >= 0.3 is 0 Å². The minimum absolute atomic E-state index is 0.238. The number of benzene rings is 2. The van der Waals surface area contributed by atoms with Crippen molar-refractivity contribution in [3.05, 3.63) is 71.7 Å². The first-order chi connectivity index (χ1) is 13.1. The molecule has 0 atom stereocenters. The molecule has 0 saturated heterocycles. The van der Waals surface area contributed by atoms with Crippen molar-refractivity contribution in [1.82, 2.24) is 10.1 Å². The minimum atomic E-state index is -0.433. The average Bonchev–Trinajstić information content (AvgIpc) is 3.15. The standard InChI is InChI=1S/C21H21FN2O3/c1-3-11-24(21(25)15-7-6-8-16(22)12-15)14-17-13-20(27-23-17)18-9-4-5-10-19(18)26-2/h4-10,12-13H,3,11,14H2,1-2H3. The lowest BCUT2D eigenvalue weighted by Crippen LogP contribution is -2.31. The summed E-state index contributed by atoms with van der Waals surface area (Å²) in [5.74, 6) is 0.578. The predicted octanol–water partition coefficient (Wildman–Crippen LogP) is 4.54. The fourth-order valence-electron chi connectivity index (χ4n) is 2.88. The molecule has 0 unspecified atom stereocenters. The number of nitrogens with zero attached hydrogens (tertiary/aromatic N) is 2. The summed E-state index contributed by atoms with van der Waals surface area (Å²) in [4.78, 5) is 14.4. The normalized spacial score (nSPS) is 10.6. The third kappa shape index (κ3) is 4.34. The smallest absolute Gasteiger partial charge is 0.254 e. The van der Waals surface area contributed by atoms with Gasteiger partial charge in [-0.1, -0.05) is 30.3 Å². The fraction of sp³-hybridized carbons (Fsp3) is 0.238. The van der Waals surface area contributed by atoms with Gasteiger partial charge in [0.25, 0.3) is 5.91 Å². The predicted molar refractivity (Wildman–Crippen MR) is 99.9 cm³/mol. The van der Waals surface area contributed by atoms with Crippen LogP contribution >= 0.6 is 0 Å². The van der Waals surface area contributed by atoms with Crippen molar-refractivity contribution in [2.75, 3.05) is 13.7 Å². The number of methoxy groups -OCH3 is 1. The van der Waals surface area contributed by atoms with Crippen molar-refractivity contribution >= 4 is 5.91 Å². The number of carbonyl (C=O) groups is 1. The highest BCUT2D eigenvalue weighted by Gasteiger charge is 2.19. The third-order valence-electron chi connectivity index (χ3n) is 4.14. The molecule has 0 fully saturated rings. The Morgan fingerprint density at radius 3 is 2.74 bits per heavy atom. The number of hydrogen-bond donors (Lipinski definition) is 0. The van der Waals surface area contributed by atoms with E-state index in [0.29, 0.717) is 29.3 Å². The summed E-state index contributed by atoms with van der Waals surface area (Å²) in [6.07, 6.45) is 0.776. The van der Waals surface area contributed by atoms with Gasteiger partial charge in [-0.25, -0.2) is 4.39 Å². The van der Waals surface area contributed by atoms with E-state index >= 15 is 0 Å². The molecule has 0 spiro atoms. The van der Waals surface area contributed by atoms with Gasteiger partial charge in [0, 0.05) is 18.2 Å². The molecular formula is C21H21FN2O3. The molecule has 3 rings (SSSR count). The molecule has 1 aromatic heterocycles. The summed E-state index contributed by atoms with van der Waals surface area (Å²) in [6, 6.07) is 15.0. The number of carbonyl (C=O) groups excluding carboxylic acids is 1. The second-order valence-electron chi connectivity index (χ2n) is 6.12. The second kappa shape index (κ2) is 8.49. The number of para-hydroxylation sites is 1. The van der Waals surface area contributed by atoms with Gasteiger partial charge in [0.1, 0.15) is 17.3 Å². The zero-order valence-corrected chi connectivity index (χ0v) is 15.3. The molecule has 0 aliphatic carbocycles. The molecule has 2 aromatic carbocycles. The van der Waals surface area contributed by atoms with Gasteiger partial charge in [0.2, 0.25) is 0 Å². The topological polar surface area (TPSA) is 55.6 Å². The van der Waals surface area contributed by atoms with Gasteiger partial charge in [0.05, 0.1) is 19.2 Å². The fourth-order valence-corrected chi connectivity index (χ4v) is 2.88. The van der Waals surface area contributed by atoms with Gasteiger partial charge in [0.15, 0.2) is 5.76 Å². The highest BCUT2D eigenvalue weighted by Crippen LogP contribution is 2.30. The van der Waals surface area contributed by atoms with E-state index in [1.165, 1.54) is 18.2 Å². The van der Waals surface area contributed by atoms with E-state index in [9.17, 15) is 9.18 Å². The Hall–Kier alpha value is -3.15. The molecule has 1 amide bonds. The summed E-state index contributed by atoms with van der Waals surface area (Å²) in [6.45, 7) is 2.79. The zero-order chi connectivity index (χ0) is 19.2. The summed E-state index contributed by atoms with van der Waals surface area (Å²) in [5, 5.41) is 4.09. The van der Waals surface area contributed by atoms with Crippen LogP contribution in [0.3, 0.4) is 0 Å². The van der Waals surface area contributed by atoms with Crippen molar-refractivity contribution in [1.29, 1.82) is 0 Å². The molecule has 0 aliphatic heterocycles. The maximum absolute atomic E-state index is 13.5. The number of rotatable bonds is 7. The average molecular weight is 368 g/mol. The number of hydrogen-bond acceptors (Lipinski definition) is 4. The Morgan fingerprint density at radius 1 is 1.19 bits per heavy atom. The van der Waals surface area contributed by atoms with Gasteiger partial charge in [-0.05, 0) is 36.8 Å². The van der Waals surface area contributed by atoms with Crippen LogP contribution in [0.15, 0.2) is 59.1 Å². The Labute approximate surface area is 157 Å². The van der Waals surface area contributed by atoms with Crippen LogP contribution in [0.4, 0.5) is 4.39 Å². The molecule has 0 N–H and O–H groups in total. The lowest BCUT2D eigenvalue weighted by atomic mass is 10.1. The quantitative estimate of drug-likeness (QED) is 0.614. The van der Waals surface area contributed by atoms with Crippen LogP contribution in [0.5, 0.6) is 5.75 Å². The van der Waals surface area contributed by atoms with Gasteiger partial charge in [-0.15, -0.1) is 0 Å². The van der Waals surface area contributed by atoms with E-state index in [2.05, 4.69) is 5.16 Å². The lowest BCUT2D eigenvalue weighted by Gasteiger charge is -2.21. The van der Waals surface area contributed by atoms with Crippen LogP contribution < -0.4 is 4.74 Å². The maximum Gasteiger partial charge on any atom is 0.254 e. The zero-order valence-electron chi connectivity index (χ0n) is 15.3. The van der Waals surface area contributed by atoms with E-state index in [1.807, 2.05) is 31.2 Å². The molecule has 140 valence electrons. The highest BCUT2D eigenvalue weighted by atomic mass is 19.1. The summed E-state index contributed by atoms with van der Waals surface area (Å²) < 4.78 is 24.3. The molecule has 3 aromatic rings. The van der Waals surface area contributed by atoms with Gasteiger partial charge < -0.3 is 14.2 Å². The van der Waals surface area contributed by atoms with Crippen LogP contribution in [0.1, 0.15) is 29.4 Å². The maximum atomic E-state index is 13.5. The summed E-state index contributed by atoms with van der Waals surface area (Å²) in [5.41, 5.74) is 1.73. The van der Waals surface area contributed by atoms with Crippen LogP contribution in [0.25, 0.3) is 11.3 Å². The first-order valence-corrected chi connectivity index (χ1v) is 8.76. The van der Waals surface area contributed by atoms with Crippen molar-refractivity contribution in [2.45, 2.75) is 19.9 Å². The summed E-state index contributed by atoms with van der Waals surface area (Å²) >= 11 is 0. The number of ether oxygens (including phenoxy) is 1. The lowest BCUT2D eigenvalue weighted by molar-refractivity contribution is 0.0739. The Balaban J connectivity index is 1.81. The molecule has 0 saturated carbocycles. The van der Waals surface area contributed by atoms with Gasteiger partial charge in [-0.3, -0.25) is 4.79 Å². The van der Waals surface area contributed by atoms with Crippen LogP contribution in [-0.2, 0) is 6.54 Å². The van der Waals surface area contributed by atoms with E-state index in [4.69, 9.17) is 9.26 Å². The SMILES string of the molecule is CCCN(Cc1cc(-c2ccccc2OC)on1)C(=O)c1cccc(F)c1. The first-order valence-electron chi connectivity index (χ1n) is 8.76. The van der Waals surface area contributed by atoms with E-state index < -0.39 is 5.82 Å². The number of halogens is 1. The van der Waals surface area contributed by atoms with Crippen molar-refractivity contribution in [3.8, 4) is 17.1 Å². The van der Waals surface area contributed by atoms with E-state index in [0.717, 1.165) is 12.0 Å². The molecule has 0 bridgehead atoms. The molecule has 0 aliphatic rings. The van der Waals surface area contributed by atoms with Crippen LogP contribution in [0.2, 0.25) is 0 Å². The number of aromatic nitrogens is 1. The Kier molecular flexibility index (Phi) is 5.86. The second-order valence-corrected chi connectivity index (χ2v) is 6.12. The van der Waals surface area contributed by atoms with Crippen molar-refractivity contribution in [2.24, 2.45) is 0 Å². The Bertz CT molecular complexity index is 923. The van der Waals surface area contributed by atoms with Crippen molar-refractivity contribution in [3.63, 3.8) is 0 Å². The van der Waals surface area contributed by atoms with E-state index in [1.54, 1.807) is 24.1 Å². The minimum Gasteiger partial charge on any atom is -0.496 e. The monoisotopic (exact) mass is 368 g/mol. The third-order valence-corrected chi connectivity index (χ3v) is 4.14. The molecule has 5 nitrogen and oxygen atoms in total. The Morgan fingerprint density at radius 2 is 2.00 bits per heavy atom. The highest BCUT2D eigenvalue weighted by molar-refractivity contribution is 5.94. The number of amides is 1. The molecule has 6 heteroatoms. The van der Waals surface area contributed by atoms with Crippen molar-refractivity contribution < 1.29 is 18.4 Å². The van der Waals surface area contributed by atoms with Gasteiger partial charge in [-0.2, -0.15) is 0 Å². The van der Waals surface area contributed by atoms with E-state index in [-0.39, 0.29) is 12.5 Å². The first kappa shape index (κ1) is 18.6. The van der Waals surface area contributed by atoms with Crippen LogP contribution in [-0.4, -0.2) is 29.6 Å². The molecular weight excluding hydrogens is 347 g/mol.